The van der Waals surface area contributed by atoms with Crippen LogP contribution in [0.4, 0.5) is 10.1 Å². The van der Waals surface area contributed by atoms with Gasteiger partial charge in [-0.1, -0.05) is 40.2 Å². The first-order chi connectivity index (χ1) is 11.5. The Morgan fingerprint density at radius 3 is 2.79 bits per heavy atom. The molecule has 0 saturated heterocycles. The van der Waals surface area contributed by atoms with Gasteiger partial charge < -0.3 is 11.1 Å². The maximum atomic E-state index is 13.9. The number of anilines is 1. The molecule has 0 fully saturated rings. The average molecular weight is 392 g/mol. The number of benzene rings is 2. The van der Waals surface area contributed by atoms with E-state index in [2.05, 4.69) is 50.4 Å². The van der Waals surface area contributed by atoms with Crippen LogP contribution in [0.15, 0.2) is 40.9 Å². The summed E-state index contributed by atoms with van der Waals surface area (Å²) in [6.07, 6.45) is 1.04. The van der Waals surface area contributed by atoms with E-state index in [1.807, 2.05) is 0 Å². The molecule has 0 aromatic heterocycles. The van der Waals surface area contributed by atoms with E-state index in [0.717, 1.165) is 26.1 Å². The van der Waals surface area contributed by atoms with Crippen LogP contribution in [-0.2, 0) is 13.0 Å². The Balaban J connectivity index is 1.63. The molecule has 0 spiro atoms. The second kappa shape index (κ2) is 7.32. The number of nitrogens with one attached hydrogen (secondary N) is 1. The van der Waals surface area contributed by atoms with Gasteiger partial charge in [-0.2, -0.15) is 0 Å². The topological polar surface area (TPSA) is 58.4 Å². The fourth-order valence-corrected chi connectivity index (χ4v) is 3.49. The average Bonchev–Trinajstić information content (AvgIpc) is 2.53. The Bertz CT molecular complexity index is 766. The van der Waals surface area contributed by atoms with E-state index in [0.29, 0.717) is 16.7 Å². The van der Waals surface area contributed by atoms with E-state index in [1.165, 1.54) is 17.2 Å². The lowest BCUT2D eigenvalue weighted by atomic mass is 10.00. The number of fused-ring (bicyclic) bond motifs is 1. The number of amides is 1. The molecule has 126 valence electrons. The fraction of sp³-hybridized carbons (Fsp3) is 0.278. The van der Waals surface area contributed by atoms with Crippen molar-refractivity contribution in [3.63, 3.8) is 0 Å². The van der Waals surface area contributed by atoms with E-state index >= 15 is 0 Å². The summed E-state index contributed by atoms with van der Waals surface area (Å²) in [7, 11) is 0. The van der Waals surface area contributed by atoms with Crippen LogP contribution in [0, 0.1) is 5.82 Å². The van der Waals surface area contributed by atoms with Gasteiger partial charge in [-0.15, -0.1) is 0 Å². The Morgan fingerprint density at radius 1 is 1.29 bits per heavy atom. The van der Waals surface area contributed by atoms with Gasteiger partial charge in [0.05, 0.1) is 11.3 Å². The van der Waals surface area contributed by atoms with Crippen molar-refractivity contribution < 1.29 is 9.18 Å². The second-order valence-electron chi connectivity index (χ2n) is 5.90. The summed E-state index contributed by atoms with van der Waals surface area (Å²) >= 11 is 3.24. The van der Waals surface area contributed by atoms with Gasteiger partial charge in [0.1, 0.15) is 5.82 Å². The Hall–Kier alpha value is -1.92. The zero-order valence-electron chi connectivity index (χ0n) is 13.2. The van der Waals surface area contributed by atoms with Gasteiger partial charge in [0.15, 0.2) is 0 Å². The third-order valence-electron chi connectivity index (χ3n) is 4.25. The molecular weight excluding hydrogens is 373 g/mol. The Kier molecular flexibility index (Phi) is 5.16. The van der Waals surface area contributed by atoms with Gasteiger partial charge in [-0.05, 0) is 29.7 Å². The number of rotatable bonds is 5. The van der Waals surface area contributed by atoms with Crippen molar-refractivity contribution in [2.45, 2.75) is 13.0 Å². The monoisotopic (exact) mass is 391 g/mol. The molecule has 0 unspecified atom stereocenters. The number of hydrogen-bond acceptors (Lipinski definition) is 3. The summed E-state index contributed by atoms with van der Waals surface area (Å²) in [6, 6.07) is 11.4. The number of nitrogens with two attached hydrogens (primary N) is 1. The first-order valence-electron chi connectivity index (χ1n) is 7.86. The van der Waals surface area contributed by atoms with E-state index < -0.39 is 11.7 Å². The van der Waals surface area contributed by atoms with E-state index in [4.69, 9.17) is 5.73 Å². The highest BCUT2D eigenvalue weighted by Crippen LogP contribution is 2.25. The van der Waals surface area contributed by atoms with Gasteiger partial charge in [0.25, 0.3) is 5.91 Å². The number of hydrogen-bond donors (Lipinski definition) is 2. The van der Waals surface area contributed by atoms with Crippen LogP contribution in [-0.4, -0.2) is 30.4 Å². The van der Waals surface area contributed by atoms with Crippen LogP contribution < -0.4 is 11.1 Å². The molecule has 1 heterocycles. The largest absolute Gasteiger partial charge is 0.383 e. The summed E-state index contributed by atoms with van der Waals surface area (Å²) in [5.41, 5.74) is 8.38. The molecule has 1 aliphatic heterocycles. The summed E-state index contributed by atoms with van der Waals surface area (Å²) in [4.78, 5) is 13.8. The van der Waals surface area contributed by atoms with Crippen LogP contribution >= 0.6 is 15.9 Å². The predicted molar refractivity (Wildman–Crippen MR) is 96.5 cm³/mol. The minimum Gasteiger partial charge on any atom is -0.383 e. The number of nitrogens with zero attached hydrogens (tertiary/aromatic N) is 1. The highest BCUT2D eigenvalue weighted by molar-refractivity contribution is 9.10. The molecule has 3 rings (SSSR count). The summed E-state index contributed by atoms with van der Waals surface area (Å²) in [6.45, 7) is 3.32. The zero-order chi connectivity index (χ0) is 17.1. The van der Waals surface area contributed by atoms with Crippen LogP contribution in [0.2, 0.25) is 0 Å². The lowest BCUT2D eigenvalue weighted by Gasteiger charge is -2.28. The minimum absolute atomic E-state index is 0.0952. The Morgan fingerprint density at radius 2 is 2.04 bits per heavy atom. The quantitative estimate of drug-likeness (QED) is 0.822. The maximum absolute atomic E-state index is 13.9. The van der Waals surface area contributed by atoms with Gasteiger partial charge in [-0.25, -0.2) is 4.39 Å². The summed E-state index contributed by atoms with van der Waals surface area (Å²) < 4.78 is 14.5. The van der Waals surface area contributed by atoms with Gasteiger partial charge >= 0.3 is 0 Å². The molecule has 0 bridgehead atoms. The molecule has 6 heteroatoms. The van der Waals surface area contributed by atoms with Gasteiger partial charge in [0.2, 0.25) is 0 Å². The van der Waals surface area contributed by atoms with Crippen molar-refractivity contribution in [3.8, 4) is 0 Å². The Labute approximate surface area is 149 Å². The molecule has 1 amide bonds. The van der Waals surface area contributed by atoms with Crippen molar-refractivity contribution in [1.82, 2.24) is 4.90 Å². The SMILES string of the molecule is NC(=O)c1c(F)cc(Br)cc1NCCN1CCc2ccccc2C1. The molecule has 1 aliphatic rings. The van der Waals surface area contributed by atoms with Crippen molar-refractivity contribution in [3.05, 3.63) is 63.4 Å². The molecular formula is C18H19BrFN3O. The summed E-state index contributed by atoms with van der Waals surface area (Å²) in [5.74, 6) is -1.39. The van der Waals surface area contributed by atoms with Crippen molar-refractivity contribution in [1.29, 1.82) is 0 Å². The number of carbonyl (C=O) groups is 1. The number of halogens is 2. The molecule has 24 heavy (non-hydrogen) atoms. The smallest absolute Gasteiger partial charge is 0.253 e. The van der Waals surface area contributed by atoms with E-state index in [9.17, 15) is 9.18 Å². The standard InChI is InChI=1S/C18H19BrFN3O/c19-14-9-15(20)17(18(21)24)16(10-14)22-6-8-23-7-5-12-3-1-2-4-13(12)11-23/h1-4,9-10,22H,5-8,11H2,(H2,21,24). The highest BCUT2D eigenvalue weighted by Gasteiger charge is 2.17. The van der Waals surface area contributed by atoms with Crippen LogP contribution in [0.5, 0.6) is 0 Å². The molecule has 0 saturated carbocycles. The molecule has 4 nitrogen and oxygen atoms in total. The third kappa shape index (κ3) is 3.76. The van der Waals surface area contributed by atoms with Crippen molar-refractivity contribution >= 4 is 27.5 Å². The van der Waals surface area contributed by atoms with Gasteiger partial charge in [0, 0.05) is 30.7 Å². The van der Waals surface area contributed by atoms with Crippen molar-refractivity contribution in [2.75, 3.05) is 25.0 Å². The second-order valence-corrected chi connectivity index (χ2v) is 6.81. The first kappa shape index (κ1) is 16.9. The maximum Gasteiger partial charge on any atom is 0.253 e. The summed E-state index contributed by atoms with van der Waals surface area (Å²) in [5, 5.41) is 3.14. The molecule has 0 aliphatic carbocycles. The van der Waals surface area contributed by atoms with E-state index in [1.54, 1.807) is 6.07 Å². The first-order valence-corrected chi connectivity index (χ1v) is 8.66. The number of primary amides is 1. The third-order valence-corrected chi connectivity index (χ3v) is 4.71. The molecule has 0 atom stereocenters. The molecule has 0 radical (unpaired) electrons. The van der Waals surface area contributed by atoms with Crippen LogP contribution in [0.1, 0.15) is 21.5 Å². The van der Waals surface area contributed by atoms with E-state index in [-0.39, 0.29) is 5.56 Å². The molecule has 3 N–H and O–H groups in total. The zero-order valence-corrected chi connectivity index (χ0v) is 14.8. The fourth-order valence-electron chi connectivity index (χ4n) is 3.06. The highest BCUT2D eigenvalue weighted by atomic mass is 79.9. The van der Waals surface area contributed by atoms with Crippen LogP contribution in [0.25, 0.3) is 0 Å². The van der Waals surface area contributed by atoms with Crippen molar-refractivity contribution in [2.24, 2.45) is 5.73 Å². The minimum atomic E-state index is -0.769. The predicted octanol–water partition coefficient (Wildman–Crippen LogP) is 3.16. The normalized spacial score (nSPS) is 14.2. The van der Waals surface area contributed by atoms with Gasteiger partial charge in [-0.3, -0.25) is 9.69 Å². The lowest BCUT2D eigenvalue weighted by Crippen LogP contribution is -2.34. The lowest BCUT2D eigenvalue weighted by molar-refractivity contribution is 0.0997. The van der Waals surface area contributed by atoms with Crippen LogP contribution in [0.3, 0.4) is 0 Å². The number of carbonyl (C=O) groups excluding carboxylic acids is 1. The molecule has 2 aromatic carbocycles. The molecule has 2 aromatic rings.